The summed E-state index contributed by atoms with van der Waals surface area (Å²) in [7, 11) is 0. The molecule has 0 radical (unpaired) electrons. The fourth-order valence-electron chi connectivity index (χ4n) is 1.83. The highest BCUT2D eigenvalue weighted by molar-refractivity contribution is 6.33. The number of hydrogen-bond donors (Lipinski definition) is 0. The van der Waals surface area contributed by atoms with Crippen LogP contribution in [-0.4, -0.2) is 32.4 Å². The molecule has 2 aromatic heterocycles. The van der Waals surface area contributed by atoms with Gasteiger partial charge in [-0.2, -0.15) is 4.98 Å². The normalized spacial score (nSPS) is 20.5. The lowest BCUT2D eigenvalue weighted by molar-refractivity contribution is -0.117. The Labute approximate surface area is 107 Å². The fourth-order valence-corrected chi connectivity index (χ4v) is 2.31. The van der Waals surface area contributed by atoms with Crippen molar-refractivity contribution in [3.05, 3.63) is 23.4 Å². The molecule has 0 N–H and O–H groups in total. The van der Waals surface area contributed by atoms with E-state index in [2.05, 4.69) is 10.1 Å². The van der Waals surface area contributed by atoms with Crippen LogP contribution >= 0.6 is 23.2 Å². The Morgan fingerprint density at radius 2 is 2.29 bits per heavy atom. The van der Waals surface area contributed by atoms with E-state index >= 15 is 0 Å². The lowest BCUT2D eigenvalue weighted by Gasteiger charge is -2.09. The highest BCUT2D eigenvalue weighted by Crippen LogP contribution is 2.23. The molecule has 1 saturated heterocycles. The number of hydrogen-bond acceptors (Lipinski definition) is 3. The predicted octanol–water partition coefficient (Wildman–Crippen LogP) is 1.73. The monoisotopic (exact) mass is 270 g/mol. The van der Waals surface area contributed by atoms with Gasteiger partial charge in [-0.25, -0.2) is 4.52 Å². The molecule has 1 atom stereocenters. The number of halogens is 2. The molecule has 1 aliphatic rings. The van der Waals surface area contributed by atoms with Crippen molar-refractivity contribution >= 4 is 40.7 Å². The Hall–Kier alpha value is -1.33. The summed E-state index contributed by atoms with van der Waals surface area (Å²) in [5.41, 5.74) is 0.537. The van der Waals surface area contributed by atoms with Gasteiger partial charge in [0.15, 0.2) is 5.65 Å². The molecule has 7 heteroatoms. The fraction of sp³-hybridized carbons (Fsp3) is 0.300. The summed E-state index contributed by atoms with van der Waals surface area (Å²) in [4.78, 5) is 17.4. The van der Waals surface area contributed by atoms with Crippen molar-refractivity contribution in [2.75, 3.05) is 11.4 Å². The molecule has 0 saturated carbocycles. The maximum absolute atomic E-state index is 11.7. The molecule has 88 valence electrons. The third-order valence-electron chi connectivity index (χ3n) is 2.62. The first-order valence-electron chi connectivity index (χ1n) is 5.10. The minimum absolute atomic E-state index is 0.0583. The van der Waals surface area contributed by atoms with Gasteiger partial charge >= 0.3 is 0 Å². The molecule has 2 aromatic rings. The summed E-state index contributed by atoms with van der Waals surface area (Å²) >= 11 is 11.9. The predicted molar refractivity (Wildman–Crippen MR) is 64.6 cm³/mol. The lowest BCUT2D eigenvalue weighted by Crippen LogP contribution is -2.25. The first kappa shape index (κ1) is 10.8. The summed E-state index contributed by atoms with van der Waals surface area (Å²) in [6.45, 7) is 0.439. The smallest absolute Gasteiger partial charge is 0.252 e. The number of anilines is 1. The second-order valence-electron chi connectivity index (χ2n) is 3.84. The SMILES string of the molecule is O=C1CC(Cl)CN1c1nc2c(Cl)cccn2n1. The Balaban J connectivity index is 2.07. The molecule has 1 fully saturated rings. The second kappa shape index (κ2) is 3.85. The number of nitrogens with zero attached hydrogens (tertiary/aromatic N) is 4. The Kier molecular flexibility index (Phi) is 2.45. The summed E-state index contributed by atoms with van der Waals surface area (Å²) in [6, 6.07) is 3.50. The maximum atomic E-state index is 11.7. The zero-order valence-corrected chi connectivity index (χ0v) is 10.2. The van der Waals surface area contributed by atoms with E-state index in [4.69, 9.17) is 23.2 Å². The van der Waals surface area contributed by atoms with Crippen molar-refractivity contribution in [3.8, 4) is 0 Å². The van der Waals surface area contributed by atoms with Gasteiger partial charge in [-0.05, 0) is 12.1 Å². The zero-order valence-electron chi connectivity index (χ0n) is 8.68. The number of fused-ring (bicyclic) bond motifs is 1. The number of amides is 1. The van der Waals surface area contributed by atoms with Gasteiger partial charge in [-0.1, -0.05) is 11.6 Å². The summed E-state index contributed by atoms with van der Waals surface area (Å²) < 4.78 is 1.55. The Morgan fingerprint density at radius 1 is 1.47 bits per heavy atom. The number of aromatic nitrogens is 3. The highest BCUT2D eigenvalue weighted by Gasteiger charge is 2.31. The molecule has 5 nitrogen and oxygen atoms in total. The van der Waals surface area contributed by atoms with E-state index in [1.54, 1.807) is 22.8 Å². The van der Waals surface area contributed by atoms with E-state index < -0.39 is 0 Å². The van der Waals surface area contributed by atoms with Crippen LogP contribution in [0.4, 0.5) is 5.95 Å². The molecule has 1 amide bonds. The molecular weight excluding hydrogens is 263 g/mol. The summed E-state index contributed by atoms with van der Waals surface area (Å²) in [5, 5.41) is 4.53. The van der Waals surface area contributed by atoms with Crippen LogP contribution in [0.25, 0.3) is 5.65 Å². The first-order valence-corrected chi connectivity index (χ1v) is 5.92. The molecule has 0 spiro atoms. The van der Waals surface area contributed by atoms with Crippen molar-refractivity contribution in [1.29, 1.82) is 0 Å². The van der Waals surface area contributed by atoms with Gasteiger partial charge < -0.3 is 0 Å². The van der Waals surface area contributed by atoms with E-state index in [1.165, 1.54) is 4.90 Å². The van der Waals surface area contributed by atoms with Crippen LogP contribution in [-0.2, 0) is 4.79 Å². The van der Waals surface area contributed by atoms with Crippen molar-refractivity contribution < 1.29 is 4.79 Å². The van der Waals surface area contributed by atoms with Crippen LogP contribution in [0.2, 0.25) is 5.02 Å². The quantitative estimate of drug-likeness (QED) is 0.742. The minimum atomic E-state index is -0.176. The van der Waals surface area contributed by atoms with Gasteiger partial charge in [0.1, 0.15) is 0 Å². The van der Waals surface area contributed by atoms with E-state index in [-0.39, 0.29) is 11.3 Å². The standard InChI is InChI=1S/C10H8Cl2N4O/c11-6-4-8(17)15(5-6)10-13-9-7(12)2-1-3-16(9)14-10/h1-3,6H,4-5H2. The van der Waals surface area contributed by atoms with E-state index in [9.17, 15) is 4.79 Å². The third kappa shape index (κ3) is 1.75. The van der Waals surface area contributed by atoms with Gasteiger partial charge in [0.05, 0.1) is 10.4 Å². The first-order chi connectivity index (χ1) is 8.15. The van der Waals surface area contributed by atoms with Gasteiger partial charge in [-0.15, -0.1) is 16.7 Å². The maximum Gasteiger partial charge on any atom is 0.252 e. The summed E-state index contributed by atoms with van der Waals surface area (Å²) in [6.07, 6.45) is 2.06. The average molecular weight is 271 g/mol. The molecule has 3 heterocycles. The minimum Gasteiger partial charge on any atom is -0.278 e. The van der Waals surface area contributed by atoms with Crippen molar-refractivity contribution in [2.24, 2.45) is 0 Å². The van der Waals surface area contributed by atoms with Crippen molar-refractivity contribution in [1.82, 2.24) is 14.6 Å². The van der Waals surface area contributed by atoms with Gasteiger partial charge in [0, 0.05) is 19.2 Å². The largest absolute Gasteiger partial charge is 0.278 e. The average Bonchev–Trinajstić information content (AvgIpc) is 2.82. The zero-order chi connectivity index (χ0) is 12.0. The van der Waals surface area contributed by atoms with Gasteiger partial charge in [-0.3, -0.25) is 9.69 Å². The molecule has 17 heavy (non-hydrogen) atoms. The number of carbonyl (C=O) groups is 1. The Bertz CT molecular complexity index is 597. The van der Waals surface area contributed by atoms with Crippen LogP contribution in [0.15, 0.2) is 18.3 Å². The number of alkyl halides is 1. The molecule has 1 unspecified atom stereocenters. The van der Waals surface area contributed by atoms with Crippen LogP contribution in [0.3, 0.4) is 0 Å². The molecule has 0 bridgehead atoms. The van der Waals surface area contributed by atoms with Crippen LogP contribution in [0.1, 0.15) is 6.42 Å². The van der Waals surface area contributed by atoms with E-state index in [0.29, 0.717) is 29.6 Å². The lowest BCUT2D eigenvalue weighted by atomic mass is 10.4. The molecular formula is C10H8Cl2N4O. The second-order valence-corrected chi connectivity index (χ2v) is 4.87. The van der Waals surface area contributed by atoms with Gasteiger partial charge in [0.25, 0.3) is 5.95 Å². The topological polar surface area (TPSA) is 50.5 Å². The van der Waals surface area contributed by atoms with Crippen LogP contribution in [0.5, 0.6) is 0 Å². The van der Waals surface area contributed by atoms with E-state index in [1.807, 2.05) is 0 Å². The van der Waals surface area contributed by atoms with E-state index in [0.717, 1.165) is 0 Å². The number of rotatable bonds is 1. The third-order valence-corrected chi connectivity index (χ3v) is 3.21. The van der Waals surface area contributed by atoms with Crippen LogP contribution < -0.4 is 4.90 Å². The highest BCUT2D eigenvalue weighted by atomic mass is 35.5. The molecule has 3 rings (SSSR count). The summed E-state index contributed by atoms with van der Waals surface area (Å²) in [5.74, 6) is 0.295. The van der Waals surface area contributed by atoms with Crippen LogP contribution in [0, 0.1) is 0 Å². The number of pyridine rings is 1. The van der Waals surface area contributed by atoms with Crippen molar-refractivity contribution in [3.63, 3.8) is 0 Å². The number of carbonyl (C=O) groups excluding carboxylic acids is 1. The molecule has 0 aliphatic carbocycles. The van der Waals surface area contributed by atoms with Crippen molar-refractivity contribution in [2.45, 2.75) is 11.8 Å². The molecule has 0 aromatic carbocycles. The Morgan fingerprint density at radius 3 is 2.94 bits per heavy atom. The molecule has 1 aliphatic heterocycles. The van der Waals surface area contributed by atoms with Gasteiger partial charge in [0.2, 0.25) is 5.91 Å².